The maximum Gasteiger partial charge on any atom is 0.332 e. The summed E-state index contributed by atoms with van der Waals surface area (Å²) in [6.07, 6.45) is -1.54. The summed E-state index contributed by atoms with van der Waals surface area (Å²) >= 11 is 5.62. The van der Waals surface area contributed by atoms with Gasteiger partial charge in [0.2, 0.25) is 5.88 Å². The van der Waals surface area contributed by atoms with Gasteiger partial charge in [0.1, 0.15) is 5.15 Å². The van der Waals surface area contributed by atoms with Gasteiger partial charge in [0.05, 0.1) is 7.11 Å². The fraction of sp³-hybridized carbons (Fsp3) is 0.333. The van der Waals surface area contributed by atoms with Gasteiger partial charge in [-0.05, 0) is 6.07 Å². The third-order valence-electron chi connectivity index (χ3n) is 1.80. The fourth-order valence-electron chi connectivity index (χ4n) is 1.07. The van der Waals surface area contributed by atoms with Gasteiger partial charge in [0.15, 0.2) is 6.10 Å². The molecule has 6 heteroatoms. The van der Waals surface area contributed by atoms with E-state index in [1.807, 2.05) is 0 Å². The van der Waals surface area contributed by atoms with Crippen LogP contribution >= 0.6 is 11.6 Å². The first-order chi connectivity index (χ1) is 7.04. The van der Waals surface area contributed by atoms with Crippen molar-refractivity contribution in [1.29, 1.82) is 0 Å². The molecule has 1 aromatic rings. The van der Waals surface area contributed by atoms with Gasteiger partial charge in [-0.25, -0.2) is 9.78 Å². The molecule has 0 saturated heterocycles. The Labute approximate surface area is 91.3 Å². The summed E-state index contributed by atoms with van der Waals surface area (Å²) in [6, 6.07) is 3.08. The third-order valence-corrected chi connectivity index (χ3v) is 2.01. The quantitative estimate of drug-likeness (QED) is 0.747. The Hall–Kier alpha value is -1.33. The highest BCUT2D eigenvalue weighted by atomic mass is 35.5. The molecule has 5 nitrogen and oxygen atoms in total. The predicted octanol–water partition coefficient (Wildman–Crippen LogP) is 0.732. The summed E-state index contributed by atoms with van der Waals surface area (Å²) in [6.45, 7) is 0. The second kappa shape index (κ2) is 4.95. The normalized spacial score (nSPS) is 12.2. The van der Waals surface area contributed by atoms with Crippen molar-refractivity contribution in [2.45, 2.75) is 12.5 Å². The number of nitrogens with zero attached hydrogens (tertiary/aromatic N) is 1. The molecule has 1 rings (SSSR count). The Morgan fingerprint density at radius 2 is 2.33 bits per heavy atom. The maximum absolute atomic E-state index is 10.4. The van der Waals surface area contributed by atoms with Crippen LogP contribution in [0.2, 0.25) is 5.15 Å². The zero-order valence-electron chi connectivity index (χ0n) is 7.98. The minimum absolute atomic E-state index is 0.0668. The van der Waals surface area contributed by atoms with Crippen LogP contribution < -0.4 is 4.74 Å². The number of aromatic nitrogens is 1. The average molecular weight is 232 g/mol. The molecule has 0 saturated carbocycles. The fourth-order valence-corrected chi connectivity index (χ4v) is 1.21. The standard InChI is InChI=1S/C9H10ClNO4/c1-15-8-5(2-3-7(10)11-8)4-6(12)9(13)14/h2-3,6,12H,4H2,1H3,(H,13,14). The van der Waals surface area contributed by atoms with Crippen LogP contribution in [0.4, 0.5) is 0 Å². The Kier molecular flexibility index (Phi) is 3.88. The second-order valence-corrected chi connectivity index (χ2v) is 3.25. The summed E-state index contributed by atoms with van der Waals surface area (Å²) in [5.41, 5.74) is 0.497. The van der Waals surface area contributed by atoms with E-state index in [4.69, 9.17) is 26.6 Å². The van der Waals surface area contributed by atoms with Gasteiger partial charge in [-0.3, -0.25) is 0 Å². The number of halogens is 1. The number of hydrogen-bond acceptors (Lipinski definition) is 4. The lowest BCUT2D eigenvalue weighted by molar-refractivity contribution is -0.146. The van der Waals surface area contributed by atoms with Crippen LogP contribution in [0.3, 0.4) is 0 Å². The van der Waals surface area contributed by atoms with Crippen LogP contribution in [0.1, 0.15) is 5.56 Å². The molecule has 1 heterocycles. The molecule has 2 N–H and O–H groups in total. The minimum Gasteiger partial charge on any atom is -0.481 e. The molecular weight excluding hydrogens is 222 g/mol. The molecule has 82 valence electrons. The number of carbonyl (C=O) groups is 1. The molecule has 0 fully saturated rings. The van der Waals surface area contributed by atoms with E-state index in [2.05, 4.69) is 4.98 Å². The number of pyridine rings is 1. The van der Waals surface area contributed by atoms with Crippen LogP contribution in [0.15, 0.2) is 12.1 Å². The van der Waals surface area contributed by atoms with E-state index in [0.717, 1.165) is 0 Å². The first-order valence-corrected chi connectivity index (χ1v) is 4.52. The van der Waals surface area contributed by atoms with E-state index in [0.29, 0.717) is 5.56 Å². The first-order valence-electron chi connectivity index (χ1n) is 4.15. The number of aliphatic hydroxyl groups excluding tert-OH is 1. The van der Waals surface area contributed by atoms with Crippen LogP contribution in [0.25, 0.3) is 0 Å². The van der Waals surface area contributed by atoms with Gasteiger partial charge in [0, 0.05) is 12.0 Å². The zero-order chi connectivity index (χ0) is 11.4. The summed E-state index contributed by atoms with van der Waals surface area (Å²) in [5, 5.41) is 17.9. The average Bonchev–Trinajstić information content (AvgIpc) is 2.20. The SMILES string of the molecule is COc1nc(Cl)ccc1CC(O)C(=O)O. The Bertz CT molecular complexity index is 369. The van der Waals surface area contributed by atoms with Crippen molar-refractivity contribution >= 4 is 17.6 Å². The molecule has 15 heavy (non-hydrogen) atoms. The van der Waals surface area contributed by atoms with E-state index in [1.165, 1.54) is 13.2 Å². The summed E-state index contributed by atoms with van der Waals surface area (Å²) in [4.78, 5) is 14.3. The van der Waals surface area contributed by atoms with Crippen LogP contribution in [0.5, 0.6) is 5.88 Å². The van der Waals surface area contributed by atoms with Crippen molar-refractivity contribution in [2.75, 3.05) is 7.11 Å². The van der Waals surface area contributed by atoms with E-state index in [1.54, 1.807) is 6.07 Å². The van der Waals surface area contributed by atoms with E-state index < -0.39 is 12.1 Å². The van der Waals surface area contributed by atoms with Crippen LogP contribution in [-0.2, 0) is 11.2 Å². The highest BCUT2D eigenvalue weighted by Gasteiger charge is 2.17. The van der Waals surface area contributed by atoms with Gasteiger partial charge in [-0.1, -0.05) is 17.7 Å². The van der Waals surface area contributed by atoms with Crippen LogP contribution in [-0.4, -0.2) is 34.4 Å². The Balaban J connectivity index is 2.89. The summed E-state index contributed by atoms with van der Waals surface area (Å²) in [5.74, 6) is -1.06. The predicted molar refractivity (Wildman–Crippen MR) is 53.1 cm³/mol. The number of aliphatic carboxylic acids is 1. The van der Waals surface area contributed by atoms with Crippen molar-refractivity contribution in [3.63, 3.8) is 0 Å². The molecule has 0 bridgehead atoms. The molecule has 0 aliphatic rings. The van der Waals surface area contributed by atoms with Gasteiger partial charge < -0.3 is 14.9 Å². The minimum atomic E-state index is -1.47. The van der Waals surface area contributed by atoms with E-state index >= 15 is 0 Å². The van der Waals surface area contributed by atoms with Crippen LogP contribution in [0, 0.1) is 0 Å². The lowest BCUT2D eigenvalue weighted by atomic mass is 10.1. The Morgan fingerprint density at radius 1 is 1.67 bits per heavy atom. The van der Waals surface area contributed by atoms with Crippen molar-refractivity contribution in [2.24, 2.45) is 0 Å². The van der Waals surface area contributed by atoms with Gasteiger partial charge in [-0.2, -0.15) is 0 Å². The molecule has 0 aromatic carbocycles. The highest BCUT2D eigenvalue weighted by Crippen LogP contribution is 2.19. The molecule has 1 unspecified atom stereocenters. The highest BCUT2D eigenvalue weighted by molar-refractivity contribution is 6.29. The molecule has 0 radical (unpaired) electrons. The van der Waals surface area contributed by atoms with Gasteiger partial charge in [-0.15, -0.1) is 0 Å². The molecule has 0 amide bonds. The number of hydrogen-bond donors (Lipinski definition) is 2. The largest absolute Gasteiger partial charge is 0.481 e. The molecular formula is C9H10ClNO4. The number of rotatable bonds is 4. The molecule has 0 aliphatic carbocycles. The molecule has 0 spiro atoms. The Morgan fingerprint density at radius 3 is 2.87 bits per heavy atom. The number of ether oxygens (including phenoxy) is 1. The lowest BCUT2D eigenvalue weighted by Crippen LogP contribution is -2.22. The first kappa shape index (κ1) is 11.7. The van der Waals surface area contributed by atoms with E-state index in [9.17, 15) is 4.79 Å². The lowest BCUT2D eigenvalue weighted by Gasteiger charge is -2.09. The van der Waals surface area contributed by atoms with Gasteiger partial charge >= 0.3 is 5.97 Å². The monoisotopic (exact) mass is 231 g/mol. The number of carboxylic acids is 1. The van der Waals surface area contributed by atoms with Crippen molar-refractivity contribution in [3.8, 4) is 5.88 Å². The molecule has 1 atom stereocenters. The van der Waals surface area contributed by atoms with Crippen molar-refractivity contribution < 1.29 is 19.7 Å². The topological polar surface area (TPSA) is 79.7 Å². The smallest absolute Gasteiger partial charge is 0.332 e. The van der Waals surface area contributed by atoms with Crippen molar-refractivity contribution in [1.82, 2.24) is 4.98 Å². The number of aliphatic hydroxyl groups is 1. The van der Waals surface area contributed by atoms with Gasteiger partial charge in [0.25, 0.3) is 0 Å². The zero-order valence-corrected chi connectivity index (χ0v) is 8.73. The van der Waals surface area contributed by atoms with Crippen molar-refractivity contribution in [3.05, 3.63) is 22.8 Å². The maximum atomic E-state index is 10.4. The summed E-state index contributed by atoms with van der Waals surface area (Å²) < 4.78 is 4.91. The number of methoxy groups -OCH3 is 1. The van der Waals surface area contributed by atoms with E-state index in [-0.39, 0.29) is 17.5 Å². The summed E-state index contributed by atoms with van der Waals surface area (Å²) in [7, 11) is 1.40. The molecule has 1 aromatic heterocycles. The second-order valence-electron chi connectivity index (χ2n) is 2.86. The molecule has 0 aliphatic heterocycles. The number of carboxylic acid groups (broad SMARTS) is 1. The third kappa shape index (κ3) is 3.07.